The first-order valence-electron chi connectivity index (χ1n) is 4.73. The summed E-state index contributed by atoms with van der Waals surface area (Å²) >= 11 is 1.64. The molecule has 0 spiro atoms. The predicted molar refractivity (Wildman–Crippen MR) is 53.3 cm³/mol. The fourth-order valence-corrected chi connectivity index (χ4v) is 3.01. The van der Waals surface area contributed by atoms with E-state index >= 15 is 0 Å². The van der Waals surface area contributed by atoms with Crippen molar-refractivity contribution in [3.63, 3.8) is 0 Å². The molecule has 3 heteroatoms. The van der Waals surface area contributed by atoms with Gasteiger partial charge in [0, 0.05) is 11.8 Å². The van der Waals surface area contributed by atoms with Crippen LogP contribution in [-0.2, 0) is 0 Å². The van der Waals surface area contributed by atoms with Crippen molar-refractivity contribution in [2.75, 3.05) is 0 Å². The Balaban J connectivity index is 2.28. The quantitative estimate of drug-likeness (QED) is 0.679. The monoisotopic (exact) mass is 195 g/mol. The van der Waals surface area contributed by atoms with Crippen molar-refractivity contribution in [3.8, 4) is 0 Å². The van der Waals surface area contributed by atoms with E-state index in [1.807, 2.05) is 0 Å². The SMILES string of the molecule is CC(=O)c1ncsc1C1CCCC1. The molecule has 0 amide bonds. The second kappa shape index (κ2) is 3.58. The fourth-order valence-electron chi connectivity index (χ4n) is 2.00. The molecule has 2 rings (SSSR count). The molecule has 1 fully saturated rings. The summed E-state index contributed by atoms with van der Waals surface area (Å²) in [5, 5.41) is 0. The molecule has 1 aliphatic carbocycles. The molecule has 1 aromatic rings. The van der Waals surface area contributed by atoms with Crippen LogP contribution in [0.15, 0.2) is 5.51 Å². The molecule has 0 bridgehead atoms. The Bertz CT molecular complexity index is 312. The van der Waals surface area contributed by atoms with Crippen molar-refractivity contribution in [1.29, 1.82) is 0 Å². The van der Waals surface area contributed by atoms with Gasteiger partial charge in [-0.2, -0.15) is 0 Å². The number of hydrogen-bond acceptors (Lipinski definition) is 3. The van der Waals surface area contributed by atoms with Gasteiger partial charge in [0.25, 0.3) is 0 Å². The van der Waals surface area contributed by atoms with Crippen LogP contribution < -0.4 is 0 Å². The molecule has 0 aromatic carbocycles. The summed E-state index contributed by atoms with van der Waals surface area (Å²) in [6.45, 7) is 1.60. The minimum atomic E-state index is 0.114. The van der Waals surface area contributed by atoms with Crippen molar-refractivity contribution in [2.45, 2.75) is 38.5 Å². The lowest BCUT2D eigenvalue weighted by molar-refractivity contribution is 0.101. The van der Waals surface area contributed by atoms with Crippen molar-refractivity contribution < 1.29 is 4.79 Å². The third-order valence-electron chi connectivity index (χ3n) is 2.65. The first kappa shape index (κ1) is 8.88. The third-order valence-corrected chi connectivity index (χ3v) is 3.65. The number of aromatic nitrogens is 1. The minimum Gasteiger partial charge on any atom is -0.293 e. The topological polar surface area (TPSA) is 30.0 Å². The van der Waals surface area contributed by atoms with Gasteiger partial charge < -0.3 is 0 Å². The van der Waals surface area contributed by atoms with E-state index in [1.165, 1.54) is 30.6 Å². The number of thiazole rings is 1. The number of rotatable bonds is 2. The highest BCUT2D eigenvalue weighted by molar-refractivity contribution is 7.10. The molecule has 1 heterocycles. The molecule has 0 radical (unpaired) electrons. The number of carbonyl (C=O) groups excluding carboxylic acids is 1. The summed E-state index contributed by atoms with van der Waals surface area (Å²) in [4.78, 5) is 16.6. The molecular formula is C10H13NOS. The Morgan fingerprint density at radius 2 is 2.23 bits per heavy atom. The van der Waals surface area contributed by atoms with Crippen LogP contribution in [0.2, 0.25) is 0 Å². The molecule has 0 N–H and O–H groups in total. The largest absolute Gasteiger partial charge is 0.293 e. The third kappa shape index (κ3) is 1.66. The Morgan fingerprint density at radius 3 is 2.85 bits per heavy atom. The highest BCUT2D eigenvalue weighted by Crippen LogP contribution is 2.37. The summed E-state index contributed by atoms with van der Waals surface area (Å²) in [6, 6.07) is 0. The second-order valence-electron chi connectivity index (χ2n) is 3.60. The molecule has 1 saturated carbocycles. The first-order valence-corrected chi connectivity index (χ1v) is 5.61. The standard InChI is InChI=1S/C10H13NOS/c1-7(12)9-10(13-6-11-9)8-4-2-3-5-8/h6,8H,2-5H2,1H3. The van der Waals surface area contributed by atoms with Crippen molar-refractivity contribution in [2.24, 2.45) is 0 Å². The van der Waals surface area contributed by atoms with Gasteiger partial charge in [-0.15, -0.1) is 11.3 Å². The van der Waals surface area contributed by atoms with Crippen LogP contribution in [0.4, 0.5) is 0 Å². The van der Waals surface area contributed by atoms with Crippen LogP contribution in [0.1, 0.15) is 53.9 Å². The summed E-state index contributed by atoms with van der Waals surface area (Å²) in [5.74, 6) is 0.731. The molecule has 1 aliphatic rings. The maximum Gasteiger partial charge on any atom is 0.179 e. The summed E-state index contributed by atoms with van der Waals surface area (Å²) in [6.07, 6.45) is 5.09. The van der Waals surface area contributed by atoms with E-state index in [9.17, 15) is 4.79 Å². The van der Waals surface area contributed by atoms with Gasteiger partial charge in [0.2, 0.25) is 0 Å². The van der Waals surface area contributed by atoms with Crippen LogP contribution in [0.3, 0.4) is 0 Å². The molecule has 0 atom stereocenters. The zero-order chi connectivity index (χ0) is 9.26. The van der Waals surface area contributed by atoms with Crippen LogP contribution in [0.5, 0.6) is 0 Å². The van der Waals surface area contributed by atoms with Crippen molar-refractivity contribution in [1.82, 2.24) is 4.98 Å². The van der Waals surface area contributed by atoms with Crippen LogP contribution in [0, 0.1) is 0 Å². The van der Waals surface area contributed by atoms with E-state index in [-0.39, 0.29) is 5.78 Å². The number of ketones is 1. The Kier molecular flexibility index (Phi) is 2.44. The van der Waals surface area contributed by atoms with Gasteiger partial charge in [-0.05, 0) is 18.8 Å². The van der Waals surface area contributed by atoms with Crippen LogP contribution in [0.25, 0.3) is 0 Å². The average Bonchev–Trinajstić information content (AvgIpc) is 2.74. The Morgan fingerprint density at radius 1 is 1.54 bits per heavy atom. The first-order chi connectivity index (χ1) is 6.29. The zero-order valence-electron chi connectivity index (χ0n) is 7.75. The lowest BCUT2D eigenvalue weighted by Gasteiger charge is -2.06. The van der Waals surface area contributed by atoms with Crippen LogP contribution >= 0.6 is 11.3 Å². The zero-order valence-corrected chi connectivity index (χ0v) is 8.56. The van der Waals surface area contributed by atoms with E-state index in [0.717, 1.165) is 5.69 Å². The normalized spacial score (nSPS) is 17.9. The van der Waals surface area contributed by atoms with Crippen LogP contribution in [-0.4, -0.2) is 10.8 Å². The summed E-state index contributed by atoms with van der Waals surface area (Å²) < 4.78 is 0. The maximum absolute atomic E-state index is 11.2. The van der Waals surface area contributed by atoms with Gasteiger partial charge in [0.05, 0.1) is 5.51 Å². The molecular weight excluding hydrogens is 182 g/mol. The lowest BCUT2D eigenvalue weighted by Crippen LogP contribution is -2.00. The van der Waals surface area contributed by atoms with Gasteiger partial charge in [0.15, 0.2) is 5.78 Å². The molecule has 0 aliphatic heterocycles. The second-order valence-corrected chi connectivity index (χ2v) is 4.49. The Hall–Kier alpha value is -0.700. The van der Waals surface area contributed by atoms with Gasteiger partial charge in [0.1, 0.15) is 5.69 Å². The maximum atomic E-state index is 11.2. The van der Waals surface area contributed by atoms with E-state index in [0.29, 0.717) is 5.92 Å². The fraction of sp³-hybridized carbons (Fsp3) is 0.600. The van der Waals surface area contributed by atoms with Crippen molar-refractivity contribution >= 4 is 17.1 Å². The Labute approximate surface area is 82.0 Å². The summed E-state index contributed by atoms with van der Waals surface area (Å²) in [7, 11) is 0. The van der Waals surface area contributed by atoms with E-state index in [1.54, 1.807) is 23.8 Å². The predicted octanol–water partition coefficient (Wildman–Crippen LogP) is 3.00. The highest BCUT2D eigenvalue weighted by Gasteiger charge is 2.23. The smallest absolute Gasteiger partial charge is 0.179 e. The molecule has 1 aromatic heterocycles. The van der Waals surface area contributed by atoms with Gasteiger partial charge >= 0.3 is 0 Å². The molecule has 13 heavy (non-hydrogen) atoms. The van der Waals surface area contributed by atoms with Crippen molar-refractivity contribution in [3.05, 3.63) is 16.1 Å². The number of Topliss-reactive ketones (excluding diaryl/α,β-unsaturated/α-hetero) is 1. The summed E-state index contributed by atoms with van der Waals surface area (Å²) in [5.41, 5.74) is 2.52. The van der Waals surface area contributed by atoms with E-state index in [2.05, 4.69) is 4.98 Å². The number of carbonyl (C=O) groups is 1. The van der Waals surface area contributed by atoms with E-state index in [4.69, 9.17) is 0 Å². The van der Waals surface area contributed by atoms with E-state index < -0.39 is 0 Å². The van der Waals surface area contributed by atoms with Gasteiger partial charge in [-0.1, -0.05) is 12.8 Å². The minimum absolute atomic E-state index is 0.114. The average molecular weight is 195 g/mol. The number of hydrogen-bond donors (Lipinski definition) is 0. The molecule has 70 valence electrons. The molecule has 0 unspecified atom stereocenters. The van der Waals surface area contributed by atoms with Gasteiger partial charge in [-0.25, -0.2) is 4.98 Å². The highest BCUT2D eigenvalue weighted by atomic mass is 32.1. The lowest BCUT2D eigenvalue weighted by atomic mass is 10.0. The van der Waals surface area contributed by atoms with Gasteiger partial charge in [-0.3, -0.25) is 4.79 Å². The number of nitrogens with zero attached hydrogens (tertiary/aromatic N) is 1. The molecule has 2 nitrogen and oxygen atoms in total. The molecule has 0 saturated heterocycles.